The molecule has 7 nitrogen and oxygen atoms in total. The SMILES string of the molecule is CN(C)c1cc(C(F)(F)F)nc(NC2CCN(S(C)(=O)=O)CC2)n1. The van der Waals surface area contributed by atoms with Crippen LogP contribution in [-0.4, -0.2) is 62.2 Å². The van der Waals surface area contributed by atoms with Gasteiger partial charge in [-0.25, -0.2) is 17.7 Å². The Morgan fingerprint density at radius 1 is 1.25 bits per heavy atom. The fourth-order valence-electron chi connectivity index (χ4n) is 2.39. The van der Waals surface area contributed by atoms with Crippen LogP contribution in [0.3, 0.4) is 0 Å². The van der Waals surface area contributed by atoms with Crippen LogP contribution in [0.2, 0.25) is 0 Å². The Bertz CT molecular complexity index is 685. The van der Waals surface area contributed by atoms with Gasteiger partial charge in [-0.15, -0.1) is 0 Å². The molecule has 0 bridgehead atoms. The second-order valence-corrected chi connectivity index (χ2v) is 7.89. The van der Waals surface area contributed by atoms with Crippen molar-refractivity contribution in [1.29, 1.82) is 0 Å². The first-order valence-electron chi connectivity index (χ1n) is 7.32. The second kappa shape index (κ2) is 6.71. The molecule has 1 fully saturated rings. The Hall–Kier alpha value is -1.62. The predicted molar refractivity (Wildman–Crippen MR) is 84.4 cm³/mol. The first-order valence-corrected chi connectivity index (χ1v) is 9.17. The summed E-state index contributed by atoms with van der Waals surface area (Å²) in [6.45, 7) is 0.631. The van der Waals surface area contributed by atoms with Gasteiger partial charge in [-0.2, -0.15) is 18.2 Å². The molecular formula is C13H20F3N5O2S. The number of rotatable bonds is 4. The minimum Gasteiger partial charge on any atom is -0.363 e. The summed E-state index contributed by atoms with van der Waals surface area (Å²) in [6.07, 6.45) is -2.47. The van der Waals surface area contributed by atoms with E-state index < -0.39 is 21.9 Å². The highest BCUT2D eigenvalue weighted by Gasteiger charge is 2.34. The van der Waals surface area contributed by atoms with Gasteiger partial charge in [-0.1, -0.05) is 0 Å². The number of nitrogens with one attached hydrogen (secondary N) is 1. The van der Waals surface area contributed by atoms with E-state index in [2.05, 4.69) is 15.3 Å². The highest BCUT2D eigenvalue weighted by atomic mass is 32.2. The molecule has 0 aliphatic carbocycles. The smallest absolute Gasteiger partial charge is 0.363 e. The van der Waals surface area contributed by atoms with E-state index in [1.807, 2.05) is 0 Å². The number of hydrogen-bond donors (Lipinski definition) is 1. The van der Waals surface area contributed by atoms with Crippen LogP contribution in [0, 0.1) is 0 Å². The van der Waals surface area contributed by atoms with E-state index in [0.29, 0.717) is 25.9 Å². The number of halogens is 3. The van der Waals surface area contributed by atoms with Crippen molar-refractivity contribution in [2.24, 2.45) is 0 Å². The van der Waals surface area contributed by atoms with Gasteiger partial charge in [-0.3, -0.25) is 0 Å². The summed E-state index contributed by atoms with van der Waals surface area (Å²) in [5.41, 5.74) is -1.02. The number of aromatic nitrogens is 2. The first kappa shape index (κ1) is 18.7. The maximum absolute atomic E-state index is 13.0. The zero-order chi connectivity index (χ0) is 18.1. The normalized spacial score (nSPS) is 17.8. The van der Waals surface area contributed by atoms with E-state index >= 15 is 0 Å². The van der Waals surface area contributed by atoms with Gasteiger partial charge < -0.3 is 10.2 Å². The van der Waals surface area contributed by atoms with Crippen molar-refractivity contribution in [3.63, 3.8) is 0 Å². The molecule has 2 rings (SSSR count). The monoisotopic (exact) mass is 367 g/mol. The average molecular weight is 367 g/mol. The standard InChI is InChI=1S/C13H20F3N5O2S/c1-20(2)11-8-10(13(14,15)16)18-12(19-11)17-9-4-6-21(7-5-9)24(3,22)23/h8-9H,4-7H2,1-3H3,(H,17,18,19). The van der Waals surface area contributed by atoms with Gasteiger partial charge in [0.25, 0.3) is 0 Å². The minimum absolute atomic E-state index is 0.105. The van der Waals surface area contributed by atoms with E-state index in [1.165, 1.54) is 9.21 Å². The summed E-state index contributed by atoms with van der Waals surface area (Å²) in [7, 11) is -0.0591. The Labute approximate surface area is 138 Å². The molecule has 2 heterocycles. The quantitative estimate of drug-likeness (QED) is 0.867. The van der Waals surface area contributed by atoms with Crippen LogP contribution < -0.4 is 10.2 Å². The Kier molecular flexibility index (Phi) is 5.23. The van der Waals surface area contributed by atoms with Crippen molar-refractivity contribution < 1.29 is 21.6 Å². The zero-order valence-electron chi connectivity index (χ0n) is 13.6. The number of nitrogens with zero attached hydrogens (tertiary/aromatic N) is 4. The summed E-state index contributed by atoms with van der Waals surface area (Å²) in [4.78, 5) is 9.09. The minimum atomic E-state index is -4.57. The van der Waals surface area contributed by atoms with Gasteiger partial charge in [0.05, 0.1) is 6.26 Å². The number of alkyl halides is 3. The van der Waals surface area contributed by atoms with Crippen LogP contribution in [0.1, 0.15) is 18.5 Å². The van der Waals surface area contributed by atoms with Crippen LogP contribution in [0.4, 0.5) is 24.9 Å². The molecular weight excluding hydrogens is 347 g/mol. The molecule has 1 aromatic rings. The maximum atomic E-state index is 13.0. The third-order valence-corrected chi connectivity index (χ3v) is 5.02. The third kappa shape index (κ3) is 4.69. The fourth-order valence-corrected chi connectivity index (χ4v) is 3.26. The summed E-state index contributed by atoms with van der Waals surface area (Å²) in [5, 5.41) is 2.89. The van der Waals surface area contributed by atoms with Crippen LogP contribution in [0.5, 0.6) is 0 Å². The fraction of sp³-hybridized carbons (Fsp3) is 0.692. The zero-order valence-corrected chi connectivity index (χ0v) is 14.4. The summed E-state index contributed by atoms with van der Waals surface area (Å²) in [5.74, 6) is 0.0414. The van der Waals surface area contributed by atoms with E-state index in [4.69, 9.17) is 0 Å². The molecule has 1 aromatic heterocycles. The lowest BCUT2D eigenvalue weighted by atomic mass is 10.1. The van der Waals surface area contributed by atoms with Gasteiger partial charge >= 0.3 is 6.18 Å². The second-order valence-electron chi connectivity index (χ2n) is 5.91. The Morgan fingerprint density at radius 3 is 2.29 bits per heavy atom. The van der Waals surface area contributed by atoms with Gasteiger partial charge in [0.15, 0.2) is 5.69 Å². The van der Waals surface area contributed by atoms with Crippen LogP contribution in [0.15, 0.2) is 6.07 Å². The van der Waals surface area contributed by atoms with E-state index in [1.54, 1.807) is 14.1 Å². The first-order chi connectivity index (χ1) is 11.0. The molecule has 1 aliphatic heterocycles. The number of anilines is 2. The summed E-state index contributed by atoms with van der Waals surface area (Å²) >= 11 is 0. The lowest BCUT2D eigenvalue weighted by Crippen LogP contribution is -2.42. The van der Waals surface area contributed by atoms with Crippen molar-refractivity contribution in [2.75, 3.05) is 43.7 Å². The molecule has 0 atom stereocenters. The highest BCUT2D eigenvalue weighted by Crippen LogP contribution is 2.30. The molecule has 1 saturated heterocycles. The van der Waals surface area contributed by atoms with E-state index in [0.717, 1.165) is 12.3 Å². The van der Waals surface area contributed by atoms with Gasteiger partial charge in [0.1, 0.15) is 5.82 Å². The largest absolute Gasteiger partial charge is 0.433 e. The molecule has 136 valence electrons. The molecule has 0 unspecified atom stereocenters. The molecule has 0 aromatic carbocycles. The molecule has 0 amide bonds. The van der Waals surface area contributed by atoms with Crippen molar-refractivity contribution in [2.45, 2.75) is 25.1 Å². The van der Waals surface area contributed by atoms with E-state index in [9.17, 15) is 21.6 Å². The van der Waals surface area contributed by atoms with Crippen molar-refractivity contribution in [3.8, 4) is 0 Å². The van der Waals surface area contributed by atoms with Gasteiger partial charge in [-0.05, 0) is 12.8 Å². The Balaban J connectivity index is 2.14. The van der Waals surface area contributed by atoms with Crippen molar-refractivity contribution in [3.05, 3.63) is 11.8 Å². The molecule has 11 heteroatoms. The number of piperidine rings is 1. The van der Waals surface area contributed by atoms with Gasteiger partial charge in [0, 0.05) is 39.3 Å². The van der Waals surface area contributed by atoms with Crippen molar-refractivity contribution >= 4 is 21.8 Å². The molecule has 0 radical (unpaired) electrons. The summed E-state index contributed by atoms with van der Waals surface area (Å²) in [6, 6.07) is 0.707. The summed E-state index contributed by atoms with van der Waals surface area (Å²) < 4.78 is 63.2. The number of sulfonamides is 1. The van der Waals surface area contributed by atoms with E-state index in [-0.39, 0.29) is 17.8 Å². The molecule has 1 N–H and O–H groups in total. The molecule has 24 heavy (non-hydrogen) atoms. The van der Waals surface area contributed by atoms with Gasteiger partial charge in [0.2, 0.25) is 16.0 Å². The molecule has 0 spiro atoms. The molecule has 0 saturated carbocycles. The topological polar surface area (TPSA) is 78.4 Å². The number of hydrogen-bond acceptors (Lipinski definition) is 6. The third-order valence-electron chi connectivity index (χ3n) is 3.72. The van der Waals surface area contributed by atoms with Crippen LogP contribution in [0.25, 0.3) is 0 Å². The predicted octanol–water partition coefficient (Wildman–Crippen LogP) is 1.40. The van der Waals surface area contributed by atoms with Crippen molar-refractivity contribution in [1.82, 2.24) is 14.3 Å². The maximum Gasteiger partial charge on any atom is 0.433 e. The Morgan fingerprint density at radius 2 is 1.83 bits per heavy atom. The lowest BCUT2D eigenvalue weighted by molar-refractivity contribution is -0.141. The van der Waals surface area contributed by atoms with Crippen LogP contribution in [-0.2, 0) is 16.2 Å². The molecule has 1 aliphatic rings. The lowest BCUT2D eigenvalue weighted by Gasteiger charge is -2.30. The highest BCUT2D eigenvalue weighted by molar-refractivity contribution is 7.88. The average Bonchev–Trinajstić information content (AvgIpc) is 2.45. The van der Waals surface area contributed by atoms with Crippen LogP contribution >= 0.6 is 0 Å².